The van der Waals surface area contributed by atoms with Crippen molar-refractivity contribution in [1.82, 2.24) is 9.72 Å². The molecule has 3 heterocycles. The van der Waals surface area contributed by atoms with Crippen LogP contribution in [0.15, 0.2) is 46.7 Å². The molecular formula is C23H20N2O4. The number of nitrogens with zero attached hydrogens (tertiary/aromatic N) is 2. The number of phenolic OH excluding ortho intramolecular Hbond substituents is 2. The van der Waals surface area contributed by atoms with E-state index in [4.69, 9.17) is 9.26 Å². The van der Waals surface area contributed by atoms with Crippen molar-refractivity contribution < 1.29 is 19.5 Å². The van der Waals surface area contributed by atoms with Gasteiger partial charge < -0.3 is 24.0 Å². The Labute approximate surface area is 167 Å². The fourth-order valence-electron chi connectivity index (χ4n) is 4.17. The molecule has 4 aromatic rings. The van der Waals surface area contributed by atoms with Crippen LogP contribution in [0, 0.1) is 13.8 Å². The summed E-state index contributed by atoms with van der Waals surface area (Å²) < 4.78 is 13.5. The number of allylic oxidation sites excluding steroid dienone is 1. The van der Waals surface area contributed by atoms with E-state index >= 15 is 0 Å². The second-order valence-electron chi connectivity index (χ2n) is 7.37. The fourth-order valence-corrected chi connectivity index (χ4v) is 4.17. The average Bonchev–Trinajstić information content (AvgIpc) is 3.32. The van der Waals surface area contributed by atoms with Gasteiger partial charge in [-0.1, -0.05) is 23.4 Å². The maximum absolute atomic E-state index is 10.2. The Hall–Kier alpha value is -3.67. The van der Waals surface area contributed by atoms with Crippen LogP contribution in [0.4, 0.5) is 0 Å². The lowest BCUT2D eigenvalue weighted by Crippen LogP contribution is -1.95. The molecule has 2 aromatic carbocycles. The highest BCUT2D eigenvalue weighted by molar-refractivity contribution is 5.98. The first-order valence-corrected chi connectivity index (χ1v) is 9.38. The Balaban J connectivity index is 1.73. The van der Waals surface area contributed by atoms with Gasteiger partial charge in [-0.3, -0.25) is 0 Å². The number of para-hydroxylation sites is 1. The minimum atomic E-state index is -0.0240. The molecular weight excluding hydrogens is 368 g/mol. The van der Waals surface area contributed by atoms with Gasteiger partial charge in [-0.2, -0.15) is 0 Å². The third-order valence-corrected chi connectivity index (χ3v) is 5.48. The number of ether oxygens (including phenoxy) is 1. The Morgan fingerprint density at radius 2 is 1.93 bits per heavy atom. The molecule has 2 aromatic heterocycles. The number of phenols is 2. The predicted molar refractivity (Wildman–Crippen MR) is 110 cm³/mol. The van der Waals surface area contributed by atoms with E-state index in [1.165, 1.54) is 12.1 Å². The van der Waals surface area contributed by atoms with Gasteiger partial charge >= 0.3 is 0 Å². The lowest BCUT2D eigenvalue weighted by molar-refractivity contribution is 0.393. The maximum atomic E-state index is 10.2. The molecule has 1 aliphatic heterocycles. The molecule has 29 heavy (non-hydrogen) atoms. The molecule has 0 fully saturated rings. The van der Waals surface area contributed by atoms with Gasteiger partial charge in [0.1, 0.15) is 28.8 Å². The van der Waals surface area contributed by atoms with Crippen molar-refractivity contribution >= 4 is 17.0 Å². The van der Waals surface area contributed by atoms with Crippen molar-refractivity contribution in [2.24, 2.45) is 7.05 Å². The standard InChI is InChI=1S/C23H20N2O4/c1-12-22(13(2)29-24-12)23-17(16-6-4-5-7-19(16)25(23)3)10-15-11-18-20(27)8-14(26)9-21(18)28-15/h4-10,26-27H,11H2,1-3H3. The molecule has 6 nitrogen and oxygen atoms in total. The zero-order valence-corrected chi connectivity index (χ0v) is 16.4. The first-order valence-electron chi connectivity index (χ1n) is 9.38. The van der Waals surface area contributed by atoms with E-state index in [1.54, 1.807) is 0 Å². The van der Waals surface area contributed by atoms with E-state index in [-0.39, 0.29) is 11.5 Å². The molecule has 5 rings (SSSR count). The number of rotatable bonds is 2. The van der Waals surface area contributed by atoms with Crippen molar-refractivity contribution in [2.75, 3.05) is 0 Å². The minimum Gasteiger partial charge on any atom is -0.508 e. The number of aromatic nitrogens is 2. The first-order chi connectivity index (χ1) is 13.9. The summed E-state index contributed by atoms with van der Waals surface area (Å²) in [4.78, 5) is 0. The third-order valence-electron chi connectivity index (χ3n) is 5.48. The molecule has 0 saturated heterocycles. The summed E-state index contributed by atoms with van der Waals surface area (Å²) in [5.41, 5.74) is 5.56. The van der Waals surface area contributed by atoms with E-state index < -0.39 is 0 Å². The van der Waals surface area contributed by atoms with Gasteiger partial charge in [-0.05, 0) is 26.0 Å². The topological polar surface area (TPSA) is 80.7 Å². The van der Waals surface area contributed by atoms with E-state index in [0.29, 0.717) is 23.5 Å². The van der Waals surface area contributed by atoms with Crippen LogP contribution in [0.25, 0.3) is 28.2 Å². The average molecular weight is 388 g/mol. The Kier molecular flexibility index (Phi) is 3.71. The molecule has 0 atom stereocenters. The first kappa shape index (κ1) is 17.4. The Morgan fingerprint density at radius 1 is 1.14 bits per heavy atom. The number of hydrogen-bond acceptors (Lipinski definition) is 5. The van der Waals surface area contributed by atoms with Gasteiger partial charge in [-0.15, -0.1) is 0 Å². The zero-order valence-electron chi connectivity index (χ0n) is 16.4. The van der Waals surface area contributed by atoms with Gasteiger partial charge in [0.05, 0.1) is 17.0 Å². The predicted octanol–water partition coefficient (Wildman–Crippen LogP) is 4.84. The van der Waals surface area contributed by atoms with Crippen LogP contribution < -0.4 is 4.74 Å². The van der Waals surface area contributed by atoms with Gasteiger partial charge in [0.25, 0.3) is 0 Å². The zero-order chi connectivity index (χ0) is 20.3. The van der Waals surface area contributed by atoms with Crippen LogP contribution >= 0.6 is 0 Å². The van der Waals surface area contributed by atoms with Crippen molar-refractivity contribution in [3.05, 3.63) is 64.7 Å². The fraction of sp³-hybridized carbons (Fsp3) is 0.174. The second-order valence-corrected chi connectivity index (χ2v) is 7.37. The molecule has 2 N–H and O–H groups in total. The van der Waals surface area contributed by atoms with E-state index in [2.05, 4.69) is 21.9 Å². The molecule has 1 aliphatic rings. The van der Waals surface area contributed by atoms with Crippen molar-refractivity contribution in [1.29, 1.82) is 0 Å². The summed E-state index contributed by atoms with van der Waals surface area (Å²) in [6.45, 7) is 3.84. The molecule has 0 radical (unpaired) electrons. The van der Waals surface area contributed by atoms with Crippen LogP contribution in [-0.2, 0) is 13.5 Å². The Morgan fingerprint density at radius 3 is 2.69 bits per heavy atom. The quantitative estimate of drug-likeness (QED) is 0.514. The monoisotopic (exact) mass is 388 g/mol. The summed E-state index contributed by atoms with van der Waals surface area (Å²) >= 11 is 0. The maximum Gasteiger partial charge on any atom is 0.143 e. The number of benzene rings is 2. The molecule has 0 bridgehead atoms. The largest absolute Gasteiger partial charge is 0.508 e. The highest BCUT2D eigenvalue weighted by Gasteiger charge is 2.25. The highest BCUT2D eigenvalue weighted by atomic mass is 16.5. The molecule has 0 saturated carbocycles. The molecule has 0 spiro atoms. The van der Waals surface area contributed by atoms with E-state index in [9.17, 15) is 10.2 Å². The summed E-state index contributed by atoms with van der Waals surface area (Å²) in [6, 6.07) is 11.0. The smallest absolute Gasteiger partial charge is 0.143 e. The third kappa shape index (κ3) is 2.60. The van der Waals surface area contributed by atoms with Crippen LogP contribution in [0.2, 0.25) is 0 Å². The number of hydrogen-bond donors (Lipinski definition) is 2. The lowest BCUT2D eigenvalue weighted by Gasteiger charge is -2.06. The summed E-state index contributed by atoms with van der Waals surface area (Å²) in [5.74, 6) is 1.95. The molecule has 6 heteroatoms. The molecule has 0 aliphatic carbocycles. The van der Waals surface area contributed by atoms with E-state index in [0.717, 1.165) is 39.2 Å². The number of aromatic hydroxyl groups is 2. The van der Waals surface area contributed by atoms with Crippen LogP contribution in [-0.4, -0.2) is 19.9 Å². The number of aryl methyl sites for hydroxylation is 3. The SMILES string of the molecule is Cc1noc(C)c1-c1c(C=C2Cc3c(O)cc(O)cc3O2)c2ccccc2n1C. The highest BCUT2D eigenvalue weighted by Crippen LogP contribution is 2.43. The van der Waals surface area contributed by atoms with Crippen LogP contribution in [0.3, 0.4) is 0 Å². The summed E-state index contributed by atoms with van der Waals surface area (Å²) in [5, 5.41) is 25.1. The second kappa shape index (κ2) is 6.17. The molecule has 0 amide bonds. The van der Waals surface area contributed by atoms with E-state index in [1.807, 2.05) is 39.1 Å². The van der Waals surface area contributed by atoms with Crippen molar-refractivity contribution in [2.45, 2.75) is 20.3 Å². The Bertz CT molecular complexity index is 1290. The van der Waals surface area contributed by atoms with Gasteiger partial charge in [-0.25, -0.2) is 0 Å². The van der Waals surface area contributed by atoms with Gasteiger partial charge in [0, 0.05) is 47.6 Å². The van der Waals surface area contributed by atoms with Gasteiger partial charge in [0.15, 0.2) is 0 Å². The molecule has 0 unspecified atom stereocenters. The van der Waals surface area contributed by atoms with Crippen molar-refractivity contribution in [3.8, 4) is 28.5 Å². The summed E-state index contributed by atoms with van der Waals surface area (Å²) in [7, 11) is 2.03. The summed E-state index contributed by atoms with van der Waals surface area (Å²) in [6.07, 6.45) is 2.45. The minimum absolute atomic E-state index is 0.0240. The van der Waals surface area contributed by atoms with Crippen LogP contribution in [0.1, 0.15) is 22.6 Å². The van der Waals surface area contributed by atoms with Crippen molar-refractivity contribution in [3.63, 3.8) is 0 Å². The lowest BCUT2D eigenvalue weighted by atomic mass is 10.0. The number of fused-ring (bicyclic) bond motifs is 2. The molecule has 146 valence electrons. The normalized spacial score (nSPS) is 14.5. The van der Waals surface area contributed by atoms with Gasteiger partial charge in [0.2, 0.25) is 0 Å². The van der Waals surface area contributed by atoms with Crippen LogP contribution in [0.5, 0.6) is 17.2 Å².